The molecule has 2 saturated heterocycles. The number of nitrogens with one attached hydrogen (secondary N) is 3. The summed E-state index contributed by atoms with van der Waals surface area (Å²) in [6.45, 7) is 6.69. The molecule has 3 heterocycles. The lowest BCUT2D eigenvalue weighted by Crippen LogP contribution is -2.58. The number of aryl methyl sites for hydroxylation is 2. The first-order valence-electron chi connectivity index (χ1n) is 34.5. The highest BCUT2D eigenvalue weighted by atomic mass is 16.5. The molecule has 0 aromatic heterocycles. The van der Waals surface area contributed by atoms with Gasteiger partial charge >= 0.3 is 11.9 Å². The van der Waals surface area contributed by atoms with Crippen LogP contribution in [0.15, 0.2) is 140 Å². The number of amides is 7. The maximum atomic E-state index is 15.3. The predicted molar refractivity (Wildman–Crippen MR) is 375 cm³/mol. The molecule has 100 heavy (non-hydrogen) atoms. The van der Waals surface area contributed by atoms with E-state index in [0.717, 1.165) is 16.7 Å². The number of hydrogen-bond donors (Lipinski definition) is 3. The zero-order valence-electron chi connectivity index (χ0n) is 58.7. The fourth-order valence-corrected chi connectivity index (χ4v) is 12.8. The number of hydrogen-bond acceptors (Lipinski definition) is 15. The molecule has 6 atom stereocenters. The molecule has 2 bridgehead atoms. The van der Waals surface area contributed by atoms with Crippen LogP contribution in [0.2, 0.25) is 0 Å². The number of benzene rings is 5. The number of esters is 2. The number of piperidine rings is 1. The number of carbonyl (C=O) groups excluding carboxylic acids is 11. The summed E-state index contributed by atoms with van der Waals surface area (Å²) in [5, 5.41) is 8.61. The molecule has 3 aliphatic rings. The Bertz CT molecular complexity index is 3750. The molecule has 2 fully saturated rings. The minimum Gasteiger partial charge on any atom is -0.493 e. The minimum absolute atomic E-state index is 0.0510. The van der Waals surface area contributed by atoms with E-state index >= 15 is 9.59 Å². The van der Waals surface area contributed by atoms with Gasteiger partial charge in [-0.05, 0) is 142 Å². The number of carbonyl (C=O) groups is 11. The van der Waals surface area contributed by atoms with Crippen LogP contribution < -0.4 is 25.4 Å². The fraction of sp³-hybridized carbons (Fsp3) is 0.449. The highest BCUT2D eigenvalue weighted by Gasteiger charge is 2.44. The molecule has 0 radical (unpaired) electrons. The summed E-state index contributed by atoms with van der Waals surface area (Å²) in [7, 11) is 6.17. The molecular weight excluding hydrogens is 1270 g/mol. The molecule has 22 heteroatoms. The summed E-state index contributed by atoms with van der Waals surface area (Å²) in [5.41, 5.74) is 2.91. The van der Waals surface area contributed by atoms with E-state index in [2.05, 4.69) is 16.0 Å². The van der Waals surface area contributed by atoms with Crippen molar-refractivity contribution in [3.05, 3.63) is 173 Å². The number of anilines is 1. The van der Waals surface area contributed by atoms with Crippen molar-refractivity contribution in [2.45, 2.75) is 160 Å². The average molecular weight is 1370 g/mol. The van der Waals surface area contributed by atoms with E-state index in [-0.39, 0.29) is 95.0 Å². The van der Waals surface area contributed by atoms with Gasteiger partial charge in [-0.15, -0.1) is 0 Å². The van der Waals surface area contributed by atoms with E-state index in [1.807, 2.05) is 68.4 Å². The molecule has 8 rings (SSSR count). The first kappa shape index (κ1) is 75.8. The van der Waals surface area contributed by atoms with Crippen molar-refractivity contribution in [3.63, 3.8) is 0 Å². The molecule has 7 amide bonds. The van der Waals surface area contributed by atoms with Gasteiger partial charge in [0.25, 0.3) is 5.91 Å². The van der Waals surface area contributed by atoms with E-state index in [9.17, 15) is 43.2 Å². The smallest absolute Gasteiger partial charge is 0.330 e. The third-order valence-electron chi connectivity index (χ3n) is 18.5. The number of fused-ring (bicyclic) bond motifs is 4. The van der Waals surface area contributed by atoms with Gasteiger partial charge in [0.2, 0.25) is 41.2 Å². The molecule has 0 aliphatic carbocycles. The molecular formula is C78H95N7O15. The summed E-state index contributed by atoms with van der Waals surface area (Å²) in [6, 6.07) is 31.7. The summed E-state index contributed by atoms with van der Waals surface area (Å²) >= 11 is 0. The van der Waals surface area contributed by atoms with E-state index in [1.165, 1.54) is 66.9 Å². The van der Waals surface area contributed by atoms with Gasteiger partial charge in [-0.25, -0.2) is 9.59 Å². The molecule has 5 aromatic rings. The Balaban J connectivity index is 1.09. The van der Waals surface area contributed by atoms with Gasteiger partial charge in [0.15, 0.2) is 11.5 Å². The second-order valence-corrected chi connectivity index (χ2v) is 27.1. The third-order valence-corrected chi connectivity index (χ3v) is 18.5. The van der Waals surface area contributed by atoms with Gasteiger partial charge in [0, 0.05) is 77.6 Å². The van der Waals surface area contributed by atoms with Crippen LogP contribution >= 0.6 is 0 Å². The second-order valence-electron chi connectivity index (χ2n) is 27.1. The average Bonchev–Trinajstić information content (AvgIpc) is 1.35. The Labute approximate surface area is 585 Å². The van der Waals surface area contributed by atoms with Crippen LogP contribution in [0.1, 0.15) is 144 Å². The summed E-state index contributed by atoms with van der Waals surface area (Å²) in [6.07, 6.45) is 5.09. The van der Waals surface area contributed by atoms with Crippen molar-refractivity contribution >= 4 is 70.5 Å². The number of rotatable bonds is 15. The topological polar surface area (TPSA) is 274 Å². The van der Waals surface area contributed by atoms with Crippen molar-refractivity contribution in [3.8, 4) is 11.5 Å². The van der Waals surface area contributed by atoms with Gasteiger partial charge in [-0.2, -0.15) is 0 Å². The molecule has 0 spiro atoms. The Kier molecular flexibility index (Phi) is 27.4. The number of nitrogens with zero attached hydrogens (tertiary/aromatic N) is 4. The maximum Gasteiger partial charge on any atom is 0.330 e. The van der Waals surface area contributed by atoms with Gasteiger partial charge in [-0.3, -0.25) is 43.2 Å². The first-order valence-corrected chi connectivity index (χ1v) is 34.5. The van der Waals surface area contributed by atoms with Crippen molar-refractivity contribution < 1.29 is 71.7 Å². The van der Waals surface area contributed by atoms with Gasteiger partial charge in [0.05, 0.1) is 19.6 Å². The van der Waals surface area contributed by atoms with Crippen LogP contribution in [-0.4, -0.2) is 163 Å². The molecule has 5 aromatic carbocycles. The van der Waals surface area contributed by atoms with Gasteiger partial charge in [0.1, 0.15) is 48.7 Å². The highest BCUT2D eigenvalue weighted by molar-refractivity contribution is 6.38. The monoisotopic (exact) mass is 1370 g/mol. The number of Topliss-reactive ketones (excluding diaryl/α,β-unsaturated/α-hetero) is 2. The molecule has 3 N–H and O–H groups in total. The molecule has 0 saturated carbocycles. The summed E-state index contributed by atoms with van der Waals surface area (Å²) in [4.78, 5) is 163. The number of methoxy groups -OCH3 is 2. The van der Waals surface area contributed by atoms with Crippen LogP contribution in [0.3, 0.4) is 0 Å². The van der Waals surface area contributed by atoms with Crippen molar-refractivity contribution in [2.24, 2.45) is 11.3 Å². The van der Waals surface area contributed by atoms with Crippen LogP contribution in [0.5, 0.6) is 11.5 Å². The van der Waals surface area contributed by atoms with Crippen molar-refractivity contribution in [1.82, 2.24) is 30.2 Å². The largest absolute Gasteiger partial charge is 0.493 e. The summed E-state index contributed by atoms with van der Waals surface area (Å²) in [5.74, 6) is -5.79. The van der Waals surface area contributed by atoms with E-state index in [4.69, 9.17) is 18.9 Å². The van der Waals surface area contributed by atoms with Gasteiger partial charge < -0.3 is 54.5 Å². The maximum absolute atomic E-state index is 15.3. The molecule has 22 nitrogen and oxygen atoms in total. The lowest BCUT2D eigenvalue weighted by molar-refractivity contribution is -0.165. The Morgan fingerprint density at radius 1 is 0.640 bits per heavy atom. The quantitative estimate of drug-likeness (QED) is 0.0653. The van der Waals surface area contributed by atoms with Crippen LogP contribution in [0.25, 0.3) is 0 Å². The van der Waals surface area contributed by atoms with Crippen LogP contribution in [0.4, 0.5) is 5.69 Å². The predicted octanol–water partition coefficient (Wildman–Crippen LogP) is 8.77. The van der Waals surface area contributed by atoms with Crippen molar-refractivity contribution in [1.29, 1.82) is 0 Å². The molecule has 0 unspecified atom stereocenters. The lowest BCUT2D eigenvalue weighted by Gasteiger charge is -2.36. The highest BCUT2D eigenvalue weighted by Crippen LogP contribution is 2.34. The van der Waals surface area contributed by atoms with Gasteiger partial charge in [-0.1, -0.05) is 123 Å². The normalized spacial score (nSPS) is 21.7. The van der Waals surface area contributed by atoms with E-state index < -0.39 is 101 Å². The first-order chi connectivity index (χ1) is 47.9. The second kappa shape index (κ2) is 36.2. The summed E-state index contributed by atoms with van der Waals surface area (Å²) < 4.78 is 22.9. The zero-order valence-corrected chi connectivity index (χ0v) is 58.7. The van der Waals surface area contributed by atoms with E-state index in [0.29, 0.717) is 72.4 Å². The number of ketones is 2. The molecule has 532 valence electrons. The number of likely N-dealkylation sites (N-methyl/N-ethyl adjacent to an activating group) is 2. The minimum atomic E-state index is -1.52. The van der Waals surface area contributed by atoms with Crippen LogP contribution in [-0.2, 0) is 87.9 Å². The standard InChI is InChI=1S/C78H95N7O15/c1-51(2)45-63-74(93)82(5)42-17-16-29-69(89)99-50-78(3,4)71(90)76(95)85-43-18-15-27-62(85)77(96)100-64(38-35-55-36-39-65(97-7)66(48-55)98-8)57-25-19-26-58(49-57)79-67(87)40-41-68(88)81-70(56-23-13-10-14-24-56)72(91)80-60(73(92)84-44-20-28-61(84)75(94)83(63)6)47-54-32-30-53(31-33-54)46-59(86)37-34-52-21-11-9-12-22-52/h9-14,16,19,21-26,29-33,36,39,48-49,51,60-64,70H,15,17-18,20,27-28,34-35,37-38,40-47,50H2,1-8H3,(H,79,87)(H,80,91)(H,81,88)/t60-,61+,62-,63-,64+,70-/m0/s1. The van der Waals surface area contributed by atoms with Crippen LogP contribution in [0, 0.1) is 11.3 Å². The Hall–Kier alpha value is -9.99. The fourth-order valence-electron chi connectivity index (χ4n) is 12.8. The third kappa shape index (κ3) is 21.0. The molecule has 3 aliphatic heterocycles. The number of ether oxygens (including phenoxy) is 4. The van der Waals surface area contributed by atoms with E-state index in [1.54, 1.807) is 79.8 Å². The Morgan fingerprint density at radius 3 is 2.01 bits per heavy atom. The lowest BCUT2D eigenvalue weighted by atomic mass is 9.87. The van der Waals surface area contributed by atoms with Crippen molar-refractivity contribution in [2.75, 3.05) is 59.9 Å². The Morgan fingerprint density at radius 2 is 1.30 bits per heavy atom. The number of cyclic esters (lactones) is 2. The zero-order chi connectivity index (χ0) is 72.0. The SMILES string of the molecule is COc1ccc(CC[C@H]2OC(=O)[C@@H]3CCCCN3C(=O)C(=O)C(C)(C)COC(=O)C=CCCN(C)C(=O)[C@H](CC(C)C)N(C)C(=O)[C@H]3CCCN3C(=O)[C@H](Cc3ccc(CC(=O)CCc4ccccc4)cc3)NC(=O)[C@H](c3ccccc3)NC(=O)CCC(=O)Nc3cccc2c3)cc1OC.